The summed E-state index contributed by atoms with van der Waals surface area (Å²) in [5.74, 6) is 0.0541. The van der Waals surface area contributed by atoms with E-state index in [0.29, 0.717) is 18.2 Å². The number of likely N-dealkylation sites (N-methyl/N-ethyl adjacent to an activating group) is 2. The topological polar surface area (TPSA) is 52.2 Å². The number of fused-ring (bicyclic) bond motifs is 1. The van der Waals surface area contributed by atoms with Gasteiger partial charge in [-0.1, -0.05) is 36.4 Å². The summed E-state index contributed by atoms with van der Waals surface area (Å²) >= 11 is 0. The molecule has 2 heterocycles. The van der Waals surface area contributed by atoms with Crippen molar-refractivity contribution < 1.29 is 4.79 Å². The molecule has 3 aromatic rings. The Balaban J connectivity index is 1.43. The molecular formula is C22H24N4O. The molecule has 0 saturated heterocycles. The van der Waals surface area contributed by atoms with Crippen molar-refractivity contribution >= 4 is 5.91 Å². The smallest absolute Gasteiger partial charge is 0.253 e. The molecule has 5 heteroatoms. The molecule has 1 unspecified atom stereocenters. The summed E-state index contributed by atoms with van der Waals surface area (Å²) in [6, 6.07) is 18.5. The van der Waals surface area contributed by atoms with Crippen LogP contribution in [0.5, 0.6) is 0 Å². The Morgan fingerprint density at radius 3 is 2.59 bits per heavy atom. The van der Waals surface area contributed by atoms with Gasteiger partial charge in [0, 0.05) is 37.9 Å². The number of nitrogens with zero attached hydrogens (tertiary/aromatic N) is 3. The van der Waals surface area contributed by atoms with Crippen LogP contribution < -0.4 is 0 Å². The summed E-state index contributed by atoms with van der Waals surface area (Å²) in [5, 5.41) is 6.91. The molecule has 5 nitrogen and oxygen atoms in total. The SMILES string of the molecule is CN(CC1Cc2ccccc2CN1C)C(=O)c1ccc(-c2ccn[nH]2)cc1. The van der Waals surface area contributed by atoms with Gasteiger partial charge < -0.3 is 4.90 Å². The normalized spacial score (nSPS) is 16.7. The van der Waals surface area contributed by atoms with Gasteiger partial charge >= 0.3 is 0 Å². The lowest BCUT2D eigenvalue weighted by atomic mass is 9.94. The third-order valence-electron chi connectivity index (χ3n) is 5.39. The second kappa shape index (κ2) is 7.37. The van der Waals surface area contributed by atoms with Crippen LogP contribution in [0.3, 0.4) is 0 Å². The number of carbonyl (C=O) groups excluding carboxylic acids is 1. The maximum atomic E-state index is 12.9. The molecule has 0 spiro atoms. The maximum Gasteiger partial charge on any atom is 0.253 e. The van der Waals surface area contributed by atoms with Gasteiger partial charge in [0.2, 0.25) is 0 Å². The summed E-state index contributed by atoms with van der Waals surface area (Å²) in [6.07, 6.45) is 2.70. The summed E-state index contributed by atoms with van der Waals surface area (Å²) in [4.78, 5) is 17.0. The molecule has 1 amide bonds. The van der Waals surface area contributed by atoms with Gasteiger partial charge in [-0.3, -0.25) is 14.8 Å². The zero-order valence-corrected chi connectivity index (χ0v) is 15.7. The maximum absolute atomic E-state index is 12.9. The van der Waals surface area contributed by atoms with Crippen LogP contribution in [0.25, 0.3) is 11.3 Å². The van der Waals surface area contributed by atoms with Gasteiger partial charge in [0.25, 0.3) is 5.91 Å². The lowest BCUT2D eigenvalue weighted by molar-refractivity contribution is 0.0733. The Hall–Kier alpha value is -2.92. The Labute approximate surface area is 159 Å². The lowest BCUT2D eigenvalue weighted by Gasteiger charge is -2.36. The van der Waals surface area contributed by atoms with Crippen LogP contribution in [0, 0.1) is 0 Å². The average molecular weight is 360 g/mol. The Kier molecular flexibility index (Phi) is 4.77. The molecule has 1 aliphatic heterocycles. The highest BCUT2D eigenvalue weighted by Gasteiger charge is 2.25. The molecule has 0 bridgehead atoms. The van der Waals surface area contributed by atoms with Crippen molar-refractivity contribution in [2.75, 3.05) is 20.6 Å². The number of nitrogens with one attached hydrogen (secondary N) is 1. The number of aromatic amines is 1. The molecule has 1 N–H and O–H groups in total. The van der Waals surface area contributed by atoms with Crippen LogP contribution in [0.4, 0.5) is 0 Å². The van der Waals surface area contributed by atoms with Crippen molar-refractivity contribution in [3.8, 4) is 11.3 Å². The number of H-pyrrole nitrogens is 1. The first-order chi connectivity index (χ1) is 13.1. The third kappa shape index (κ3) is 3.64. The van der Waals surface area contributed by atoms with Gasteiger partial charge in [-0.15, -0.1) is 0 Å². The number of amides is 1. The van der Waals surface area contributed by atoms with E-state index in [1.54, 1.807) is 6.20 Å². The second-order valence-electron chi connectivity index (χ2n) is 7.28. The van der Waals surface area contributed by atoms with Crippen molar-refractivity contribution in [1.29, 1.82) is 0 Å². The van der Waals surface area contributed by atoms with E-state index in [4.69, 9.17) is 0 Å². The minimum atomic E-state index is 0.0541. The highest BCUT2D eigenvalue weighted by atomic mass is 16.2. The van der Waals surface area contributed by atoms with E-state index >= 15 is 0 Å². The highest BCUT2D eigenvalue weighted by molar-refractivity contribution is 5.94. The van der Waals surface area contributed by atoms with Gasteiger partial charge in [-0.05, 0) is 48.4 Å². The average Bonchev–Trinajstić information content (AvgIpc) is 3.23. The predicted molar refractivity (Wildman–Crippen MR) is 106 cm³/mol. The minimum absolute atomic E-state index is 0.0541. The van der Waals surface area contributed by atoms with Crippen molar-refractivity contribution in [1.82, 2.24) is 20.0 Å². The van der Waals surface area contributed by atoms with Gasteiger partial charge in [0.05, 0.1) is 5.69 Å². The van der Waals surface area contributed by atoms with Crippen LogP contribution in [-0.2, 0) is 13.0 Å². The first-order valence-corrected chi connectivity index (χ1v) is 9.24. The number of aromatic nitrogens is 2. The number of benzene rings is 2. The molecule has 1 aromatic heterocycles. The number of rotatable bonds is 4. The predicted octanol–water partition coefficient (Wildman–Crippen LogP) is 3.21. The van der Waals surface area contributed by atoms with E-state index in [-0.39, 0.29) is 5.91 Å². The van der Waals surface area contributed by atoms with E-state index in [9.17, 15) is 4.79 Å². The third-order valence-corrected chi connectivity index (χ3v) is 5.39. The Morgan fingerprint density at radius 1 is 1.15 bits per heavy atom. The van der Waals surface area contributed by atoms with Crippen LogP contribution in [-0.4, -0.2) is 52.6 Å². The van der Waals surface area contributed by atoms with Gasteiger partial charge in [0.1, 0.15) is 0 Å². The number of carbonyl (C=O) groups is 1. The zero-order chi connectivity index (χ0) is 18.8. The molecule has 27 heavy (non-hydrogen) atoms. The molecule has 4 rings (SSSR count). The van der Waals surface area contributed by atoms with E-state index in [2.05, 4.69) is 46.4 Å². The van der Waals surface area contributed by atoms with E-state index in [1.807, 2.05) is 42.3 Å². The summed E-state index contributed by atoms with van der Waals surface area (Å²) < 4.78 is 0. The molecule has 0 saturated carbocycles. The molecule has 0 aliphatic carbocycles. The van der Waals surface area contributed by atoms with Gasteiger partial charge in [-0.2, -0.15) is 5.10 Å². The van der Waals surface area contributed by atoms with E-state index in [1.165, 1.54) is 11.1 Å². The fraction of sp³-hybridized carbons (Fsp3) is 0.273. The molecule has 1 aliphatic rings. The fourth-order valence-corrected chi connectivity index (χ4v) is 3.75. The van der Waals surface area contributed by atoms with Crippen LogP contribution in [0.15, 0.2) is 60.8 Å². The van der Waals surface area contributed by atoms with E-state index in [0.717, 1.165) is 24.2 Å². The van der Waals surface area contributed by atoms with Gasteiger partial charge in [-0.25, -0.2) is 0 Å². The second-order valence-corrected chi connectivity index (χ2v) is 7.28. The minimum Gasteiger partial charge on any atom is -0.340 e. The quantitative estimate of drug-likeness (QED) is 0.777. The molecule has 1 atom stereocenters. The molecular weight excluding hydrogens is 336 g/mol. The van der Waals surface area contributed by atoms with Crippen molar-refractivity contribution in [3.05, 3.63) is 77.5 Å². The van der Waals surface area contributed by atoms with Crippen LogP contribution in [0.1, 0.15) is 21.5 Å². The van der Waals surface area contributed by atoms with Crippen molar-refractivity contribution in [2.45, 2.75) is 19.0 Å². The number of hydrogen-bond donors (Lipinski definition) is 1. The molecule has 2 aromatic carbocycles. The standard InChI is InChI=1S/C22H24N4O/c1-25-14-19-6-4-3-5-18(19)13-20(25)15-26(2)22(27)17-9-7-16(8-10-17)21-11-12-23-24-21/h3-12,20H,13-15H2,1-2H3,(H,23,24). The summed E-state index contributed by atoms with van der Waals surface area (Å²) in [5.41, 5.74) is 5.46. The first-order valence-electron chi connectivity index (χ1n) is 9.24. The van der Waals surface area contributed by atoms with Crippen molar-refractivity contribution in [2.24, 2.45) is 0 Å². The van der Waals surface area contributed by atoms with Crippen LogP contribution >= 0.6 is 0 Å². The summed E-state index contributed by atoms with van der Waals surface area (Å²) in [7, 11) is 4.03. The Morgan fingerprint density at radius 2 is 1.89 bits per heavy atom. The zero-order valence-electron chi connectivity index (χ0n) is 15.7. The monoisotopic (exact) mass is 360 g/mol. The van der Waals surface area contributed by atoms with Crippen molar-refractivity contribution in [3.63, 3.8) is 0 Å². The molecule has 0 radical (unpaired) electrons. The van der Waals surface area contributed by atoms with Gasteiger partial charge in [0.15, 0.2) is 0 Å². The van der Waals surface area contributed by atoms with E-state index < -0.39 is 0 Å². The lowest BCUT2D eigenvalue weighted by Crippen LogP contribution is -2.46. The summed E-state index contributed by atoms with van der Waals surface area (Å²) in [6.45, 7) is 1.65. The number of hydrogen-bond acceptors (Lipinski definition) is 3. The molecule has 0 fully saturated rings. The molecule has 138 valence electrons. The fourth-order valence-electron chi connectivity index (χ4n) is 3.75. The Bertz CT molecular complexity index is 918. The first kappa shape index (κ1) is 17.5. The van der Waals surface area contributed by atoms with Crippen LogP contribution in [0.2, 0.25) is 0 Å². The highest BCUT2D eigenvalue weighted by Crippen LogP contribution is 2.23. The largest absolute Gasteiger partial charge is 0.340 e.